The Hall–Kier alpha value is -2.73. The Morgan fingerprint density at radius 3 is 2.33 bits per heavy atom. The molecule has 0 bridgehead atoms. The Balaban J connectivity index is 2.69. The van der Waals surface area contributed by atoms with E-state index in [2.05, 4.69) is 10.6 Å². The van der Waals surface area contributed by atoms with Crippen LogP contribution in [0.15, 0.2) is 0 Å². The molecule has 1 fully saturated rings. The van der Waals surface area contributed by atoms with Gasteiger partial charge in [0.15, 0.2) is 23.0 Å². The average Bonchev–Trinajstić information content (AvgIpc) is 2.69. The number of nitrogens with zero attached hydrogens (tertiary/aromatic N) is 2. The molecule has 1 aromatic rings. The lowest BCUT2D eigenvalue weighted by molar-refractivity contribution is -0.383. The molecule has 1 aromatic carbocycles. The number of aliphatic hydroxyl groups excluding tert-OH is 2. The molecule has 1 saturated carbocycles. The summed E-state index contributed by atoms with van der Waals surface area (Å²) in [6.07, 6.45) is 3.98. The predicted octanol–water partition coefficient (Wildman–Crippen LogP) is 1.90. The van der Waals surface area contributed by atoms with Crippen LogP contribution in [0.2, 0.25) is 0 Å². The van der Waals surface area contributed by atoms with Crippen molar-refractivity contribution >= 4 is 28.7 Å². The number of likely N-dealkylation sites (N-methyl/N-ethyl adjacent to an activating group) is 1. The Bertz CT molecular complexity index is 789. The van der Waals surface area contributed by atoms with Gasteiger partial charge in [0.1, 0.15) is 11.7 Å². The molecule has 0 unspecified atom stereocenters. The van der Waals surface area contributed by atoms with E-state index in [-0.39, 0.29) is 12.6 Å². The summed E-state index contributed by atoms with van der Waals surface area (Å²) in [4.78, 5) is 23.1. The molecule has 0 amide bonds. The molecular weight excluding hydrogens is 406 g/mol. The zero-order chi connectivity index (χ0) is 22.4. The molecule has 12 heteroatoms. The van der Waals surface area contributed by atoms with Gasteiger partial charge in [-0.05, 0) is 12.8 Å². The molecule has 2 rings (SSSR count). The second-order valence-corrected chi connectivity index (χ2v) is 7.17. The lowest BCUT2D eigenvalue weighted by Gasteiger charge is -2.27. The molecule has 0 aliphatic heterocycles. The average molecular weight is 432 g/mol. The highest BCUT2D eigenvalue weighted by atomic mass is 19.1. The molecule has 0 heterocycles. The van der Waals surface area contributed by atoms with Gasteiger partial charge in [0.05, 0.1) is 18.1 Å². The fourth-order valence-electron chi connectivity index (χ4n) is 3.52. The summed E-state index contributed by atoms with van der Waals surface area (Å²) in [7, 11) is 1.29. The molecule has 1 aliphatic rings. The van der Waals surface area contributed by atoms with E-state index in [0.29, 0.717) is 12.8 Å². The summed E-state index contributed by atoms with van der Waals surface area (Å²) in [6.45, 7) is -1.58. The Morgan fingerprint density at radius 2 is 1.83 bits per heavy atom. The number of carboxylic acids is 1. The van der Waals surface area contributed by atoms with Gasteiger partial charge in [-0.3, -0.25) is 10.1 Å². The minimum absolute atomic E-state index is 0.170. The van der Waals surface area contributed by atoms with Gasteiger partial charge in [0.2, 0.25) is 0 Å². The molecule has 5 N–H and O–H groups in total. The molecule has 10 nitrogen and oxygen atoms in total. The van der Waals surface area contributed by atoms with Crippen LogP contribution in [0.4, 0.5) is 31.5 Å². The first kappa shape index (κ1) is 23.5. The number of nitro groups is 1. The molecule has 0 spiro atoms. The molecule has 1 atom stereocenters. The number of rotatable bonds is 10. The highest BCUT2D eigenvalue weighted by Gasteiger charge is 2.36. The zero-order valence-electron chi connectivity index (χ0n) is 16.5. The third-order valence-electron chi connectivity index (χ3n) is 5.08. The maximum atomic E-state index is 15.3. The van der Waals surface area contributed by atoms with Gasteiger partial charge in [0.25, 0.3) is 0 Å². The van der Waals surface area contributed by atoms with Crippen molar-refractivity contribution < 1.29 is 33.8 Å². The Morgan fingerprint density at radius 1 is 1.23 bits per heavy atom. The summed E-state index contributed by atoms with van der Waals surface area (Å²) in [5.41, 5.74) is -3.03. The van der Waals surface area contributed by atoms with Crippen LogP contribution >= 0.6 is 0 Å². The Kier molecular flexibility index (Phi) is 8.12. The van der Waals surface area contributed by atoms with Crippen molar-refractivity contribution in [3.63, 3.8) is 0 Å². The van der Waals surface area contributed by atoms with E-state index >= 15 is 8.78 Å². The minimum Gasteiger partial charge on any atom is -0.480 e. The van der Waals surface area contributed by atoms with Gasteiger partial charge >= 0.3 is 11.7 Å². The number of aliphatic carboxylic acids is 1. The van der Waals surface area contributed by atoms with Crippen molar-refractivity contribution in [2.24, 2.45) is 0 Å². The molecule has 168 valence electrons. The summed E-state index contributed by atoms with van der Waals surface area (Å²) in [5.74, 6) is -4.16. The van der Waals surface area contributed by atoms with E-state index in [1.807, 2.05) is 0 Å². The SMILES string of the molecule is CN(CCO)c1c(F)c(NC2CCCCC2)c([N+](=O)[O-])c(N[C@@H](CO)C(=O)O)c1F. The Labute approximate surface area is 171 Å². The normalized spacial score (nSPS) is 15.5. The third kappa shape index (κ3) is 5.05. The quantitative estimate of drug-likeness (QED) is 0.276. The molecular formula is C18H26F2N4O6. The number of halogens is 2. The summed E-state index contributed by atoms with van der Waals surface area (Å²) in [6, 6.07) is -2.02. The van der Waals surface area contributed by atoms with Crippen molar-refractivity contribution in [3.8, 4) is 0 Å². The first-order valence-corrected chi connectivity index (χ1v) is 9.60. The smallest absolute Gasteiger partial charge is 0.328 e. The number of hydrogen-bond donors (Lipinski definition) is 5. The molecule has 1 aliphatic carbocycles. The minimum atomic E-state index is -1.75. The standard InChI is InChI=1S/C18H26F2N4O6/c1-23(7-8-25)16-12(19)14(21-10-5-3-2-4-6-10)17(24(29)30)15(13(16)20)22-11(9-26)18(27)28/h10-11,21-22,25-26H,2-9H2,1H3,(H,27,28)/t11-/m0/s1. The number of nitro benzene ring substituents is 1. The van der Waals surface area contributed by atoms with Crippen LogP contribution in [0.25, 0.3) is 0 Å². The van der Waals surface area contributed by atoms with E-state index in [1.165, 1.54) is 7.05 Å². The maximum Gasteiger partial charge on any atom is 0.328 e. The zero-order valence-corrected chi connectivity index (χ0v) is 16.5. The van der Waals surface area contributed by atoms with E-state index in [4.69, 9.17) is 10.2 Å². The van der Waals surface area contributed by atoms with Crippen molar-refractivity contribution in [3.05, 3.63) is 21.7 Å². The van der Waals surface area contributed by atoms with Crippen LogP contribution in [-0.2, 0) is 4.79 Å². The molecule has 0 radical (unpaired) electrons. The van der Waals surface area contributed by atoms with Crippen LogP contribution in [0, 0.1) is 21.7 Å². The number of benzene rings is 1. The fraction of sp³-hybridized carbons (Fsp3) is 0.611. The first-order valence-electron chi connectivity index (χ1n) is 9.60. The highest BCUT2D eigenvalue weighted by Crippen LogP contribution is 2.44. The topological polar surface area (TPSA) is 148 Å². The van der Waals surface area contributed by atoms with Crippen LogP contribution in [0.5, 0.6) is 0 Å². The molecule has 30 heavy (non-hydrogen) atoms. The van der Waals surface area contributed by atoms with Crippen LogP contribution in [0.3, 0.4) is 0 Å². The van der Waals surface area contributed by atoms with E-state index in [0.717, 1.165) is 24.2 Å². The monoisotopic (exact) mass is 432 g/mol. The highest BCUT2D eigenvalue weighted by molar-refractivity contribution is 5.87. The molecule has 0 saturated heterocycles. The number of aliphatic hydroxyl groups is 2. The first-order chi connectivity index (χ1) is 14.2. The number of hydrogen-bond acceptors (Lipinski definition) is 8. The van der Waals surface area contributed by atoms with Crippen LogP contribution < -0.4 is 15.5 Å². The lowest BCUT2D eigenvalue weighted by Crippen LogP contribution is -2.34. The van der Waals surface area contributed by atoms with Gasteiger partial charge in [-0.2, -0.15) is 0 Å². The van der Waals surface area contributed by atoms with E-state index < -0.39 is 64.5 Å². The van der Waals surface area contributed by atoms with Gasteiger partial charge in [-0.15, -0.1) is 0 Å². The second-order valence-electron chi connectivity index (χ2n) is 7.17. The third-order valence-corrected chi connectivity index (χ3v) is 5.08. The number of anilines is 3. The van der Waals surface area contributed by atoms with E-state index in [9.17, 15) is 20.0 Å². The predicted molar refractivity (Wildman–Crippen MR) is 106 cm³/mol. The number of carboxylic acid groups (broad SMARTS) is 1. The molecule has 0 aromatic heterocycles. The largest absolute Gasteiger partial charge is 0.480 e. The van der Waals surface area contributed by atoms with Gasteiger partial charge in [-0.25, -0.2) is 13.6 Å². The van der Waals surface area contributed by atoms with Gasteiger partial charge in [0, 0.05) is 19.6 Å². The van der Waals surface area contributed by atoms with Crippen molar-refractivity contribution in [1.29, 1.82) is 0 Å². The number of carbonyl (C=O) groups is 1. The summed E-state index contributed by atoms with van der Waals surface area (Å²) >= 11 is 0. The van der Waals surface area contributed by atoms with Crippen molar-refractivity contribution in [1.82, 2.24) is 0 Å². The van der Waals surface area contributed by atoms with Crippen molar-refractivity contribution in [2.45, 2.75) is 44.2 Å². The van der Waals surface area contributed by atoms with Gasteiger partial charge < -0.3 is 30.9 Å². The van der Waals surface area contributed by atoms with Gasteiger partial charge in [-0.1, -0.05) is 19.3 Å². The summed E-state index contributed by atoms with van der Waals surface area (Å²) < 4.78 is 30.5. The van der Waals surface area contributed by atoms with Crippen molar-refractivity contribution in [2.75, 3.05) is 42.3 Å². The maximum absolute atomic E-state index is 15.3. The number of nitrogens with one attached hydrogen (secondary N) is 2. The summed E-state index contributed by atoms with van der Waals surface area (Å²) in [5, 5.41) is 44.2. The van der Waals surface area contributed by atoms with E-state index in [1.54, 1.807) is 0 Å². The second kappa shape index (κ2) is 10.3. The fourth-order valence-corrected chi connectivity index (χ4v) is 3.52. The van der Waals surface area contributed by atoms with Crippen LogP contribution in [-0.4, -0.2) is 65.1 Å². The van der Waals surface area contributed by atoms with Crippen LogP contribution in [0.1, 0.15) is 32.1 Å². The lowest BCUT2D eigenvalue weighted by atomic mass is 9.95.